The van der Waals surface area contributed by atoms with Gasteiger partial charge in [-0.25, -0.2) is 19.6 Å². The minimum atomic E-state index is 0.0972. The lowest BCUT2D eigenvalue weighted by molar-refractivity contribution is -0.125. The average molecular weight is 270 g/mol. The molecule has 0 aromatic carbocycles. The van der Waals surface area contributed by atoms with Crippen molar-refractivity contribution in [3.8, 4) is 0 Å². The molecule has 0 amide bonds. The Morgan fingerprint density at radius 1 is 1.05 bits per heavy atom. The van der Waals surface area contributed by atoms with E-state index in [1.807, 2.05) is 6.92 Å². The maximum absolute atomic E-state index is 9.63. The van der Waals surface area contributed by atoms with Gasteiger partial charge in [0.15, 0.2) is 0 Å². The molecule has 0 bridgehead atoms. The molecule has 0 spiro atoms. The van der Waals surface area contributed by atoms with Gasteiger partial charge in [-0.1, -0.05) is 19.8 Å². The topological polar surface area (TPSA) is 88.3 Å². The van der Waals surface area contributed by atoms with Gasteiger partial charge in [-0.2, -0.15) is 0 Å². The van der Waals surface area contributed by atoms with Crippen LogP contribution in [0.1, 0.15) is 32.6 Å². The van der Waals surface area contributed by atoms with Gasteiger partial charge in [0, 0.05) is 5.41 Å². The molecular weight excluding hydrogens is 248 g/mol. The first-order chi connectivity index (χ1) is 9.18. The molecule has 1 fully saturated rings. The average Bonchev–Trinajstić information content (AvgIpc) is 2.40. The maximum atomic E-state index is 9.63. The van der Waals surface area contributed by atoms with Crippen molar-refractivity contribution in [2.75, 3.05) is 32.9 Å². The molecule has 0 atom stereocenters. The van der Waals surface area contributed by atoms with Gasteiger partial charge >= 0.3 is 0 Å². The molecule has 0 aromatic heterocycles. The van der Waals surface area contributed by atoms with Crippen molar-refractivity contribution < 1.29 is 19.4 Å². The standard InChI is InChI=1S/C8H12N2O2.C5H10O2/c11-7-9-5-3-1-2-4-6-10-8-12;1-5(2-6)3-7-4-5/h1-6H2;6H,2-4H2,1H3. The third kappa shape index (κ3) is 10.3. The third-order valence-electron chi connectivity index (χ3n) is 2.70. The van der Waals surface area contributed by atoms with Crippen molar-refractivity contribution in [2.24, 2.45) is 15.4 Å². The minimum Gasteiger partial charge on any atom is -0.396 e. The van der Waals surface area contributed by atoms with Gasteiger partial charge in [0.2, 0.25) is 12.2 Å². The fourth-order valence-corrected chi connectivity index (χ4v) is 1.37. The second-order valence-electron chi connectivity index (χ2n) is 4.82. The Morgan fingerprint density at radius 2 is 1.53 bits per heavy atom. The SMILES string of the molecule is CC1(CO)COC1.O=C=NCCCCCCN=C=O. The van der Waals surface area contributed by atoms with E-state index in [1.54, 1.807) is 0 Å². The van der Waals surface area contributed by atoms with Crippen LogP contribution in [0.2, 0.25) is 0 Å². The lowest BCUT2D eigenvalue weighted by atomic mass is 9.90. The number of rotatable bonds is 8. The number of hydrogen-bond donors (Lipinski definition) is 1. The largest absolute Gasteiger partial charge is 0.396 e. The molecule has 1 rings (SSSR count). The molecule has 0 unspecified atom stereocenters. The second-order valence-corrected chi connectivity index (χ2v) is 4.82. The van der Waals surface area contributed by atoms with Crippen LogP contribution in [-0.2, 0) is 14.3 Å². The molecule has 1 heterocycles. The van der Waals surface area contributed by atoms with E-state index in [0.717, 1.165) is 38.9 Å². The Bertz CT molecular complexity index is 289. The highest BCUT2D eigenvalue weighted by molar-refractivity contribution is 5.32. The van der Waals surface area contributed by atoms with E-state index in [2.05, 4.69) is 9.98 Å². The van der Waals surface area contributed by atoms with Gasteiger partial charge < -0.3 is 9.84 Å². The normalized spacial score (nSPS) is 15.1. The van der Waals surface area contributed by atoms with Crippen LogP contribution in [0.5, 0.6) is 0 Å². The fourth-order valence-electron chi connectivity index (χ4n) is 1.37. The summed E-state index contributed by atoms with van der Waals surface area (Å²) in [6, 6.07) is 0. The minimum absolute atomic E-state index is 0.0972. The Morgan fingerprint density at radius 3 is 1.74 bits per heavy atom. The van der Waals surface area contributed by atoms with Gasteiger partial charge in [0.05, 0.1) is 32.9 Å². The molecule has 1 aliphatic heterocycles. The summed E-state index contributed by atoms with van der Waals surface area (Å²) in [5.41, 5.74) is 0.0972. The van der Waals surface area contributed by atoms with Gasteiger partial charge in [0.25, 0.3) is 0 Å². The maximum Gasteiger partial charge on any atom is 0.234 e. The predicted molar refractivity (Wildman–Crippen MR) is 70.5 cm³/mol. The van der Waals surface area contributed by atoms with E-state index < -0.39 is 0 Å². The van der Waals surface area contributed by atoms with Gasteiger partial charge in [-0.3, -0.25) is 0 Å². The summed E-state index contributed by atoms with van der Waals surface area (Å²) in [5, 5.41) is 8.57. The first kappa shape index (κ1) is 17.7. The van der Waals surface area contributed by atoms with Crippen molar-refractivity contribution in [3.05, 3.63) is 0 Å². The molecule has 1 aliphatic rings. The molecule has 0 aromatic rings. The molecule has 19 heavy (non-hydrogen) atoms. The number of unbranched alkanes of at least 4 members (excludes halogenated alkanes) is 3. The van der Waals surface area contributed by atoms with Crippen molar-refractivity contribution in [1.82, 2.24) is 0 Å². The first-order valence-electron chi connectivity index (χ1n) is 6.44. The molecule has 1 N–H and O–H groups in total. The number of aliphatic hydroxyl groups excluding tert-OH is 1. The Hall–Kier alpha value is -1.32. The number of aliphatic imine (C=N–C) groups is 2. The number of hydrogen-bond acceptors (Lipinski definition) is 6. The number of nitrogens with zero attached hydrogens (tertiary/aromatic N) is 2. The fraction of sp³-hybridized carbons (Fsp3) is 0.846. The van der Waals surface area contributed by atoms with Crippen LogP contribution < -0.4 is 0 Å². The van der Waals surface area contributed by atoms with Crippen LogP contribution in [0.3, 0.4) is 0 Å². The van der Waals surface area contributed by atoms with Crippen LogP contribution in [-0.4, -0.2) is 50.2 Å². The monoisotopic (exact) mass is 270 g/mol. The molecule has 108 valence electrons. The molecule has 0 saturated carbocycles. The van der Waals surface area contributed by atoms with Crippen molar-refractivity contribution in [1.29, 1.82) is 0 Å². The highest BCUT2D eigenvalue weighted by Gasteiger charge is 2.31. The van der Waals surface area contributed by atoms with Crippen LogP contribution in [0.15, 0.2) is 9.98 Å². The molecule has 6 heteroatoms. The van der Waals surface area contributed by atoms with Gasteiger partial charge in [-0.05, 0) is 12.8 Å². The van der Waals surface area contributed by atoms with Gasteiger partial charge in [-0.15, -0.1) is 0 Å². The van der Waals surface area contributed by atoms with E-state index in [0.29, 0.717) is 13.1 Å². The van der Waals surface area contributed by atoms with E-state index in [-0.39, 0.29) is 12.0 Å². The van der Waals surface area contributed by atoms with E-state index in [1.165, 1.54) is 12.2 Å². The summed E-state index contributed by atoms with van der Waals surface area (Å²) >= 11 is 0. The summed E-state index contributed by atoms with van der Waals surface area (Å²) in [6.45, 7) is 4.83. The van der Waals surface area contributed by atoms with Crippen molar-refractivity contribution >= 4 is 12.2 Å². The van der Waals surface area contributed by atoms with Crippen LogP contribution in [0.25, 0.3) is 0 Å². The number of isocyanates is 2. The van der Waals surface area contributed by atoms with Gasteiger partial charge in [0.1, 0.15) is 0 Å². The Labute approximate surface area is 113 Å². The molecule has 0 aliphatic carbocycles. The first-order valence-corrected chi connectivity index (χ1v) is 6.44. The smallest absolute Gasteiger partial charge is 0.234 e. The van der Waals surface area contributed by atoms with Crippen molar-refractivity contribution in [3.63, 3.8) is 0 Å². The van der Waals surface area contributed by atoms with E-state index in [9.17, 15) is 9.59 Å². The van der Waals surface area contributed by atoms with Crippen LogP contribution in [0, 0.1) is 5.41 Å². The lowest BCUT2D eigenvalue weighted by Gasteiger charge is -2.35. The summed E-state index contributed by atoms with van der Waals surface area (Å²) in [5.74, 6) is 0. The molecule has 1 saturated heterocycles. The van der Waals surface area contributed by atoms with E-state index in [4.69, 9.17) is 9.84 Å². The van der Waals surface area contributed by atoms with Crippen LogP contribution in [0.4, 0.5) is 0 Å². The van der Waals surface area contributed by atoms with Crippen LogP contribution >= 0.6 is 0 Å². The Kier molecular flexibility index (Phi) is 10.9. The lowest BCUT2D eigenvalue weighted by Crippen LogP contribution is -2.42. The number of ether oxygens (including phenoxy) is 1. The molecule has 6 nitrogen and oxygen atoms in total. The second kappa shape index (κ2) is 11.8. The number of aliphatic hydroxyl groups is 1. The zero-order valence-corrected chi connectivity index (χ0v) is 11.4. The summed E-state index contributed by atoms with van der Waals surface area (Å²) in [7, 11) is 0. The highest BCUT2D eigenvalue weighted by atomic mass is 16.5. The third-order valence-corrected chi connectivity index (χ3v) is 2.70. The zero-order chi connectivity index (χ0) is 14.4. The van der Waals surface area contributed by atoms with E-state index >= 15 is 0 Å². The summed E-state index contributed by atoms with van der Waals surface area (Å²) in [4.78, 5) is 26.1. The molecular formula is C13H22N2O4. The highest BCUT2D eigenvalue weighted by Crippen LogP contribution is 2.24. The van der Waals surface area contributed by atoms with Crippen molar-refractivity contribution in [2.45, 2.75) is 32.6 Å². The predicted octanol–water partition coefficient (Wildman–Crippen LogP) is 1.23. The zero-order valence-electron chi connectivity index (χ0n) is 11.4. The quantitative estimate of drug-likeness (QED) is 0.408. The molecule has 0 radical (unpaired) electrons. The summed E-state index contributed by atoms with van der Waals surface area (Å²) in [6.07, 6.45) is 6.80. The summed E-state index contributed by atoms with van der Waals surface area (Å²) < 4.78 is 4.87. The Balaban J connectivity index is 0.000000388. The number of carbonyl (C=O) groups excluding carboxylic acids is 2.